The molecule has 0 saturated heterocycles. The number of carboxylic acid groups (broad SMARTS) is 1. The number of halogens is 3. The van der Waals surface area contributed by atoms with Crippen molar-refractivity contribution in [1.29, 1.82) is 0 Å². The highest BCUT2D eigenvalue weighted by Crippen LogP contribution is 2.41. The molecule has 0 aliphatic heterocycles. The molecular formula is C7H9ClF2O2. The highest BCUT2D eigenvalue weighted by atomic mass is 35.5. The molecule has 0 radical (unpaired) electrons. The SMILES string of the molecule is O=C(O)C1(Cl)CCC(F)(F)CC1. The van der Waals surface area contributed by atoms with Gasteiger partial charge in [-0.25, -0.2) is 8.78 Å². The number of carbonyl (C=O) groups is 1. The first-order chi connectivity index (χ1) is 5.36. The Morgan fingerprint density at radius 2 is 1.67 bits per heavy atom. The van der Waals surface area contributed by atoms with Crippen LogP contribution in [0.2, 0.25) is 0 Å². The first-order valence-electron chi connectivity index (χ1n) is 3.66. The molecule has 1 saturated carbocycles. The molecule has 1 rings (SSSR count). The van der Waals surface area contributed by atoms with Crippen LogP contribution in [0.1, 0.15) is 25.7 Å². The van der Waals surface area contributed by atoms with Gasteiger partial charge in [0.05, 0.1) is 0 Å². The quantitative estimate of drug-likeness (QED) is 0.657. The predicted molar refractivity (Wildman–Crippen MR) is 39.6 cm³/mol. The van der Waals surface area contributed by atoms with Crippen molar-refractivity contribution in [1.82, 2.24) is 0 Å². The van der Waals surface area contributed by atoms with Crippen LogP contribution in [0.3, 0.4) is 0 Å². The maximum atomic E-state index is 12.6. The summed E-state index contributed by atoms with van der Waals surface area (Å²) in [5.41, 5.74) is 0. The minimum atomic E-state index is -2.73. The average Bonchev–Trinajstić information content (AvgIpc) is 1.96. The van der Waals surface area contributed by atoms with Crippen molar-refractivity contribution in [2.75, 3.05) is 0 Å². The molecule has 12 heavy (non-hydrogen) atoms. The van der Waals surface area contributed by atoms with E-state index in [2.05, 4.69) is 0 Å². The lowest BCUT2D eigenvalue weighted by Crippen LogP contribution is -2.40. The summed E-state index contributed by atoms with van der Waals surface area (Å²) in [7, 11) is 0. The van der Waals surface area contributed by atoms with Crippen LogP contribution in [0.15, 0.2) is 0 Å². The molecule has 1 N–H and O–H groups in total. The third-order valence-corrected chi connectivity index (χ3v) is 2.70. The summed E-state index contributed by atoms with van der Waals surface area (Å²) < 4.78 is 25.1. The van der Waals surface area contributed by atoms with Gasteiger partial charge >= 0.3 is 5.97 Å². The van der Waals surface area contributed by atoms with E-state index in [1.165, 1.54) is 0 Å². The van der Waals surface area contributed by atoms with Gasteiger partial charge in [-0.3, -0.25) is 4.79 Å². The maximum absolute atomic E-state index is 12.6. The molecule has 2 nitrogen and oxygen atoms in total. The Kier molecular flexibility index (Phi) is 2.29. The minimum absolute atomic E-state index is 0.156. The van der Waals surface area contributed by atoms with Gasteiger partial charge in [0.15, 0.2) is 0 Å². The van der Waals surface area contributed by atoms with E-state index in [1.807, 2.05) is 0 Å². The molecule has 0 bridgehead atoms. The van der Waals surface area contributed by atoms with Crippen LogP contribution in [-0.2, 0) is 4.79 Å². The van der Waals surface area contributed by atoms with Crippen molar-refractivity contribution in [3.05, 3.63) is 0 Å². The van der Waals surface area contributed by atoms with Crippen molar-refractivity contribution in [2.24, 2.45) is 0 Å². The molecule has 1 aliphatic rings. The lowest BCUT2D eigenvalue weighted by molar-refractivity contribution is -0.143. The standard InChI is InChI=1S/C7H9ClF2O2/c8-6(5(11)12)1-3-7(9,10)4-2-6/h1-4H2,(H,11,12). The number of hydrogen-bond donors (Lipinski definition) is 1. The molecule has 0 heterocycles. The molecule has 0 aromatic carbocycles. The second-order valence-electron chi connectivity index (χ2n) is 3.13. The number of carboxylic acids is 1. The normalized spacial score (nSPS) is 26.6. The van der Waals surface area contributed by atoms with Crippen LogP contribution in [0, 0.1) is 0 Å². The van der Waals surface area contributed by atoms with Gasteiger partial charge in [0.25, 0.3) is 0 Å². The average molecular weight is 199 g/mol. The Morgan fingerprint density at radius 3 is 2.00 bits per heavy atom. The molecular weight excluding hydrogens is 190 g/mol. The predicted octanol–water partition coefficient (Wildman–Crippen LogP) is 2.26. The van der Waals surface area contributed by atoms with Crippen molar-refractivity contribution >= 4 is 17.6 Å². The van der Waals surface area contributed by atoms with E-state index in [9.17, 15) is 13.6 Å². The maximum Gasteiger partial charge on any atom is 0.324 e. The number of aliphatic carboxylic acids is 1. The molecule has 1 fully saturated rings. The van der Waals surface area contributed by atoms with E-state index in [-0.39, 0.29) is 12.8 Å². The Hall–Kier alpha value is -0.380. The van der Waals surface area contributed by atoms with E-state index in [1.54, 1.807) is 0 Å². The molecule has 0 amide bonds. The van der Waals surface area contributed by atoms with E-state index in [4.69, 9.17) is 16.7 Å². The van der Waals surface area contributed by atoms with Crippen molar-refractivity contribution < 1.29 is 18.7 Å². The van der Waals surface area contributed by atoms with E-state index in [0.717, 1.165) is 0 Å². The summed E-state index contributed by atoms with van der Waals surface area (Å²) in [6, 6.07) is 0. The summed E-state index contributed by atoms with van der Waals surface area (Å²) in [4.78, 5) is 9.05. The van der Waals surface area contributed by atoms with Crippen LogP contribution in [0.25, 0.3) is 0 Å². The van der Waals surface area contributed by atoms with E-state index < -0.39 is 29.6 Å². The molecule has 5 heteroatoms. The Morgan fingerprint density at radius 1 is 1.25 bits per heavy atom. The molecule has 0 unspecified atom stereocenters. The molecule has 0 aromatic heterocycles. The summed E-state index contributed by atoms with van der Waals surface area (Å²) in [5, 5.41) is 8.59. The third kappa shape index (κ3) is 1.86. The minimum Gasteiger partial charge on any atom is -0.480 e. The zero-order chi connectivity index (χ0) is 9.41. The lowest BCUT2D eigenvalue weighted by atomic mass is 9.86. The Balaban J connectivity index is 2.62. The van der Waals surface area contributed by atoms with Crippen LogP contribution < -0.4 is 0 Å². The summed E-state index contributed by atoms with van der Waals surface area (Å²) in [6.45, 7) is 0. The van der Waals surface area contributed by atoms with Gasteiger partial charge in [0, 0.05) is 12.8 Å². The number of rotatable bonds is 1. The monoisotopic (exact) mass is 198 g/mol. The van der Waals surface area contributed by atoms with Gasteiger partial charge < -0.3 is 5.11 Å². The fourth-order valence-corrected chi connectivity index (χ4v) is 1.41. The molecule has 70 valence electrons. The van der Waals surface area contributed by atoms with Crippen LogP contribution in [-0.4, -0.2) is 21.9 Å². The first kappa shape index (κ1) is 9.71. The molecule has 0 spiro atoms. The summed E-state index contributed by atoms with van der Waals surface area (Å²) in [6.07, 6.45) is -1.17. The van der Waals surface area contributed by atoms with Gasteiger partial charge in [0.1, 0.15) is 4.87 Å². The molecule has 0 aromatic rings. The van der Waals surface area contributed by atoms with Gasteiger partial charge in [-0.15, -0.1) is 11.6 Å². The zero-order valence-electron chi connectivity index (χ0n) is 6.32. The smallest absolute Gasteiger partial charge is 0.324 e. The van der Waals surface area contributed by atoms with Crippen molar-refractivity contribution in [3.8, 4) is 0 Å². The largest absolute Gasteiger partial charge is 0.480 e. The van der Waals surface area contributed by atoms with E-state index in [0.29, 0.717) is 0 Å². The van der Waals surface area contributed by atoms with E-state index >= 15 is 0 Å². The van der Waals surface area contributed by atoms with Gasteiger partial charge in [-0.2, -0.15) is 0 Å². The Labute approximate surface area is 73.5 Å². The number of alkyl halides is 3. The van der Waals surface area contributed by atoms with Crippen molar-refractivity contribution in [2.45, 2.75) is 36.5 Å². The Bertz CT molecular complexity index is 196. The lowest BCUT2D eigenvalue weighted by Gasteiger charge is -2.31. The highest BCUT2D eigenvalue weighted by Gasteiger charge is 2.46. The van der Waals surface area contributed by atoms with Crippen LogP contribution in [0.4, 0.5) is 8.78 Å². The summed E-state index contributed by atoms with van der Waals surface area (Å²) in [5.74, 6) is -3.92. The fourth-order valence-electron chi connectivity index (χ4n) is 1.23. The molecule has 0 atom stereocenters. The number of hydrogen-bond acceptors (Lipinski definition) is 1. The van der Waals surface area contributed by atoms with Gasteiger partial charge in [-0.1, -0.05) is 0 Å². The first-order valence-corrected chi connectivity index (χ1v) is 4.04. The molecule has 1 aliphatic carbocycles. The van der Waals surface area contributed by atoms with Gasteiger partial charge in [-0.05, 0) is 12.8 Å². The highest BCUT2D eigenvalue weighted by molar-refractivity contribution is 6.33. The second-order valence-corrected chi connectivity index (χ2v) is 3.85. The van der Waals surface area contributed by atoms with Gasteiger partial charge in [0.2, 0.25) is 5.92 Å². The van der Waals surface area contributed by atoms with Crippen LogP contribution >= 0.6 is 11.6 Å². The second kappa shape index (κ2) is 2.83. The zero-order valence-corrected chi connectivity index (χ0v) is 7.07. The fraction of sp³-hybridized carbons (Fsp3) is 0.857. The van der Waals surface area contributed by atoms with Crippen LogP contribution in [0.5, 0.6) is 0 Å². The topological polar surface area (TPSA) is 37.3 Å². The third-order valence-electron chi connectivity index (χ3n) is 2.16. The summed E-state index contributed by atoms with van der Waals surface area (Å²) >= 11 is 5.60. The van der Waals surface area contributed by atoms with Crippen molar-refractivity contribution in [3.63, 3.8) is 0 Å².